The predicted molar refractivity (Wildman–Crippen MR) is 130 cm³/mol. The second-order valence-electron chi connectivity index (χ2n) is 8.22. The molecule has 1 fully saturated rings. The first kappa shape index (κ1) is 25.2. The largest absolute Gasteiger partial charge is 0.457 e. The molecule has 0 unspecified atom stereocenters. The van der Waals surface area contributed by atoms with Crippen LogP contribution in [0.25, 0.3) is 6.08 Å². The molecule has 0 bridgehead atoms. The summed E-state index contributed by atoms with van der Waals surface area (Å²) >= 11 is 5.60. The minimum absolute atomic E-state index is 0.0341. The minimum Gasteiger partial charge on any atom is -0.457 e. The minimum atomic E-state index is -4.63. The van der Waals surface area contributed by atoms with Gasteiger partial charge in [0.1, 0.15) is 17.2 Å². The fourth-order valence-electron chi connectivity index (χ4n) is 3.24. The van der Waals surface area contributed by atoms with E-state index >= 15 is 0 Å². The molecule has 1 aromatic heterocycles. The molecule has 0 saturated heterocycles. The van der Waals surface area contributed by atoms with Gasteiger partial charge in [0.2, 0.25) is 5.91 Å². The van der Waals surface area contributed by atoms with E-state index in [9.17, 15) is 22.8 Å². The second-order valence-corrected chi connectivity index (χ2v) is 8.63. The highest BCUT2D eigenvalue weighted by atomic mass is 35.5. The number of rotatable bonds is 8. The predicted octanol–water partition coefficient (Wildman–Crippen LogP) is 6.34. The lowest BCUT2D eigenvalue weighted by Gasteiger charge is -2.11. The normalized spacial score (nSPS) is 13.4. The molecule has 1 aliphatic carbocycles. The Morgan fingerprint density at radius 2 is 1.86 bits per heavy atom. The highest BCUT2D eigenvalue weighted by Crippen LogP contribution is 2.36. The van der Waals surface area contributed by atoms with Gasteiger partial charge in [-0.2, -0.15) is 13.2 Å². The average molecular weight is 516 g/mol. The van der Waals surface area contributed by atoms with Crippen LogP contribution in [0.2, 0.25) is 5.02 Å². The number of hydrogen-bond acceptors (Lipinski definition) is 4. The van der Waals surface area contributed by atoms with Gasteiger partial charge in [0.15, 0.2) is 0 Å². The Bertz CT molecular complexity index is 1310. The Morgan fingerprint density at radius 3 is 2.61 bits per heavy atom. The van der Waals surface area contributed by atoms with Gasteiger partial charge < -0.3 is 15.4 Å². The molecule has 0 aliphatic heterocycles. The van der Waals surface area contributed by atoms with Crippen molar-refractivity contribution in [3.8, 4) is 11.5 Å². The van der Waals surface area contributed by atoms with Crippen molar-refractivity contribution in [1.82, 2.24) is 10.3 Å². The number of nitrogens with zero attached hydrogens (tertiary/aromatic N) is 1. The van der Waals surface area contributed by atoms with Gasteiger partial charge in [-0.05, 0) is 66.8 Å². The van der Waals surface area contributed by atoms with E-state index in [2.05, 4.69) is 15.6 Å². The molecule has 0 spiro atoms. The third-order valence-electron chi connectivity index (χ3n) is 5.27. The van der Waals surface area contributed by atoms with Gasteiger partial charge in [-0.3, -0.25) is 14.6 Å². The van der Waals surface area contributed by atoms with E-state index in [0.717, 1.165) is 25.0 Å². The van der Waals surface area contributed by atoms with Crippen LogP contribution in [0.1, 0.15) is 34.5 Å². The molecule has 10 heteroatoms. The van der Waals surface area contributed by atoms with Crippen LogP contribution >= 0.6 is 11.6 Å². The maximum absolute atomic E-state index is 13.0. The van der Waals surface area contributed by atoms with E-state index in [1.165, 1.54) is 24.4 Å². The highest BCUT2D eigenvalue weighted by molar-refractivity contribution is 6.31. The lowest BCUT2D eigenvalue weighted by atomic mass is 10.2. The van der Waals surface area contributed by atoms with Crippen LogP contribution in [0.15, 0.2) is 66.9 Å². The summed E-state index contributed by atoms with van der Waals surface area (Å²) < 4.78 is 44.9. The zero-order valence-electron chi connectivity index (χ0n) is 18.8. The first-order valence-electron chi connectivity index (χ1n) is 11.1. The standard InChI is InChI=1S/C26H21ClF3N3O3/c27-22-8-7-18(13-21(22)26(28,29)30)33-24(34)9-6-16-2-1-3-19(12-16)36-20-10-11-31-23(14-20)25(35)32-15-17-4-5-17/h1-3,6-14,17H,4-5,15H2,(H,32,35)(H,33,34)/b9-6+. The SMILES string of the molecule is O=C(/C=C/c1cccc(Oc2ccnc(C(=O)NCC3CC3)c2)c1)Nc1ccc(Cl)c(C(F)(F)F)c1. The number of amides is 2. The van der Waals surface area contributed by atoms with Crippen LogP contribution in [0.3, 0.4) is 0 Å². The molecular weight excluding hydrogens is 495 g/mol. The molecule has 6 nitrogen and oxygen atoms in total. The summed E-state index contributed by atoms with van der Waals surface area (Å²) in [5.41, 5.74) is -0.202. The summed E-state index contributed by atoms with van der Waals surface area (Å²) in [4.78, 5) is 28.6. The summed E-state index contributed by atoms with van der Waals surface area (Å²) in [7, 11) is 0. The van der Waals surface area contributed by atoms with Crippen molar-refractivity contribution in [2.24, 2.45) is 5.92 Å². The van der Waals surface area contributed by atoms with E-state index in [1.54, 1.807) is 36.4 Å². The Kier molecular flexibility index (Phi) is 7.59. The molecule has 3 aromatic rings. The van der Waals surface area contributed by atoms with Gasteiger partial charge in [0, 0.05) is 30.6 Å². The molecule has 36 heavy (non-hydrogen) atoms. The zero-order chi connectivity index (χ0) is 25.7. The zero-order valence-corrected chi connectivity index (χ0v) is 19.6. The lowest BCUT2D eigenvalue weighted by Crippen LogP contribution is -2.26. The number of carbonyl (C=O) groups is 2. The molecule has 2 N–H and O–H groups in total. The third-order valence-corrected chi connectivity index (χ3v) is 5.60. The fourth-order valence-corrected chi connectivity index (χ4v) is 3.47. The van der Waals surface area contributed by atoms with Crippen molar-refractivity contribution in [1.29, 1.82) is 0 Å². The molecule has 2 aromatic carbocycles. The summed E-state index contributed by atoms with van der Waals surface area (Å²) in [6, 6.07) is 13.1. The molecule has 1 saturated carbocycles. The number of nitrogens with one attached hydrogen (secondary N) is 2. The van der Waals surface area contributed by atoms with Gasteiger partial charge in [-0.15, -0.1) is 0 Å². The van der Waals surface area contributed by atoms with Crippen LogP contribution in [0.4, 0.5) is 18.9 Å². The Morgan fingerprint density at radius 1 is 1.08 bits per heavy atom. The van der Waals surface area contributed by atoms with Crippen LogP contribution in [-0.4, -0.2) is 23.3 Å². The molecule has 0 atom stereocenters. The number of halogens is 4. The first-order chi connectivity index (χ1) is 17.2. The van der Waals surface area contributed by atoms with Crippen molar-refractivity contribution < 1.29 is 27.5 Å². The van der Waals surface area contributed by atoms with Crippen LogP contribution in [0.5, 0.6) is 11.5 Å². The van der Waals surface area contributed by atoms with Gasteiger partial charge in [0.05, 0.1) is 10.6 Å². The van der Waals surface area contributed by atoms with Crippen LogP contribution in [-0.2, 0) is 11.0 Å². The van der Waals surface area contributed by atoms with Gasteiger partial charge in [-0.25, -0.2) is 0 Å². The number of aromatic nitrogens is 1. The number of benzene rings is 2. The Balaban J connectivity index is 1.38. The number of carbonyl (C=O) groups excluding carboxylic acids is 2. The van der Waals surface area contributed by atoms with Gasteiger partial charge in [-0.1, -0.05) is 23.7 Å². The van der Waals surface area contributed by atoms with Crippen molar-refractivity contribution in [2.75, 3.05) is 11.9 Å². The Labute approximate surface area is 210 Å². The van der Waals surface area contributed by atoms with E-state index in [4.69, 9.17) is 16.3 Å². The monoisotopic (exact) mass is 515 g/mol. The average Bonchev–Trinajstić information content (AvgIpc) is 3.67. The highest BCUT2D eigenvalue weighted by Gasteiger charge is 2.33. The maximum Gasteiger partial charge on any atom is 0.417 e. The smallest absolute Gasteiger partial charge is 0.417 e. The number of hydrogen-bond donors (Lipinski definition) is 2. The molecule has 1 aliphatic rings. The third kappa shape index (κ3) is 7.08. The number of ether oxygens (including phenoxy) is 1. The Hall–Kier alpha value is -3.85. The maximum atomic E-state index is 13.0. The van der Waals surface area contributed by atoms with Crippen molar-refractivity contribution in [3.05, 3.63) is 88.7 Å². The summed E-state index contributed by atoms with van der Waals surface area (Å²) in [6.45, 7) is 0.634. The fraction of sp³-hybridized carbons (Fsp3) is 0.192. The molecule has 1 heterocycles. The lowest BCUT2D eigenvalue weighted by molar-refractivity contribution is -0.137. The van der Waals surface area contributed by atoms with E-state index in [1.807, 2.05) is 0 Å². The summed E-state index contributed by atoms with van der Waals surface area (Å²) in [5, 5.41) is 4.79. The van der Waals surface area contributed by atoms with Crippen LogP contribution in [0, 0.1) is 5.92 Å². The van der Waals surface area contributed by atoms with E-state index in [-0.39, 0.29) is 17.3 Å². The van der Waals surface area contributed by atoms with E-state index in [0.29, 0.717) is 29.5 Å². The van der Waals surface area contributed by atoms with Gasteiger partial charge in [0.25, 0.3) is 5.91 Å². The van der Waals surface area contributed by atoms with Crippen molar-refractivity contribution >= 4 is 35.2 Å². The van der Waals surface area contributed by atoms with E-state index < -0.39 is 22.7 Å². The summed E-state index contributed by atoms with van der Waals surface area (Å²) in [6.07, 6.45) is 1.79. The number of pyridine rings is 1. The molecule has 4 rings (SSSR count). The molecule has 2 amide bonds. The number of anilines is 1. The quantitative estimate of drug-likeness (QED) is 0.343. The molecule has 186 valence electrons. The van der Waals surface area contributed by atoms with Gasteiger partial charge >= 0.3 is 6.18 Å². The molecule has 0 radical (unpaired) electrons. The topological polar surface area (TPSA) is 80.3 Å². The summed E-state index contributed by atoms with van der Waals surface area (Å²) in [5.74, 6) is 0.546. The van der Waals surface area contributed by atoms with Crippen molar-refractivity contribution in [2.45, 2.75) is 19.0 Å². The first-order valence-corrected chi connectivity index (χ1v) is 11.4. The van der Waals surface area contributed by atoms with Crippen LogP contribution < -0.4 is 15.4 Å². The second kappa shape index (κ2) is 10.8. The van der Waals surface area contributed by atoms with Crippen molar-refractivity contribution in [3.63, 3.8) is 0 Å². The number of alkyl halides is 3. The molecular formula is C26H21ClF3N3O3.